The number of thiophene rings is 1. The third kappa shape index (κ3) is 2.05. The fourth-order valence-corrected chi connectivity index (χ4v) is 4.27. The van der Waals surface area contributed by atoms with Crippen molar-refractivity contribution in [2.75, 3.05) is 0 Å². The van der Waals surface area contributed by atoms with Crippen LogP contribution in [0.25, 0.3) is 15.5 Å². The Labute approximate surface area is 124 Å². The molecule has 4 nitrogen and oxygen atoms in total. The van der Waals surface area contributed by atoms with E-state index >= 15 is 0 Å². The first-order valence-electron chi connectivity index (χ1n) is 6.37. The number of aliphatic carboxylic acids is 1. The van der Waals surface area contributed by atoms with E-state index < -0.39 is 5.97 Å². The monoisotopic (exact) mass is 306 g/mol. The minimum absolute atomic E-state index is 0.00241. The molecule has 0 aliphatic rings. The molecule has 6 heteroatoms. The molecular formula is C14H14N2O2S2. The second-order valence-electron chi connectivity index (χ2n) is 4.53. The van der Waals surface area contributed by atoms with Crippen LogP contribution in [0.2, 0.25) is 0 Å². The fraction of sp³-hybridized carbons (Fsp3) is 0.286. The highest BCUT2D eigenvalue weighted by molar-refractivity contribution is 7.17. The van der Waals surface area contributed by atoms with Gasteiger partial charge in [-0.3, -0.25) is 9.20 Å². The van der Waals surface area contributed by atoms with Crippen LogP contribution >= 0.6 is 22.7 Å². The van der Waals surface area contributed by atoms with Crippen LogP contribution in [0.4, 0.5) is 0 Å². The molecule has 3 aromatic heterocycles. The highest BCUT2D eigenvalue weighted by Crippen LogP contribution is 2.33. The average Bonchev–Trinajstić information content (AvgIpc) is 3.05. The van der Waals surface area contributed by atoms with E-state index in [1.807, 2.05) is 21.9 Å². The number of rotatable bonds is 4. The number of thiazole rings is 1. The van der Waals surface area contributed by atoms with Crippen LogP contribution < -0.4 is 0 Å². The zero-order valence-corrected chi connectivity index (χ0v) is 12.8. The van der Waals surface area contributed by atoms with E-state index in [0.717, 1.165) is 33.3 Å². The topological polar surface area (TPSA) is 54.6 Å². The number of fused-ring (bicyclic) bond motifs is 1. The molecule has 0 saturated heterocycles. The van der Waals surface area contributed by atoms with Crippen molar-refractivity contribution >= 4 is 33.6 Å². The summed E-state index contributed by atoms with van der Waals surface area (Å²) in [7, 11) is 0. The smallest absolute Gasteiger partial charge is 0.309 e. The largest absolute Gasteiger partial charge is 0.481 e. The van der Waals surface area contributed by atoms with Crippen molar-refractivity contribution < 1.29 is 9.90 Å². The molecular weight excluding hydrogens is 292 g/mol. The summed E-state index contributed by atoms with van der Waals surface area (Å²) in [6.07, 6.45) is 0.871. The second-order valence-corrected chi connectivity index (χ2v) is 6.66. The molecule has 0 radical (unpaired) electrons. The first-order chi connectivity index (χ1) is 9.61. The van der Waals surface area contributed by atoms with Gasteiger partial charge in [0.25, 0.3) is 0 Å². The summed E-state index contributed by atoms with van der Waals surface area (Å²) in [6, 6.07) is 3.95. The van der Waals surface area contributed by atoms with Gasteiger partial charge in [-0.1, -0.05) is 13.0 Å². The highest BCUT2D eigenvalue weighted by Gasteiger charge is 2.21. The van der Waals surface area contributed by atoms with Gasteiger partial charge in [-0.05, 0) is 24.8 Å². The van der Waals surface area contributed by atoms with E-state index in [1.54, 1.807) is 22.7 Å². The molecule has 0 spiro atoms. The summed E-state index contributed by atoms with van der Waals surface area (Å²) in [5.74, 6) is -0.824. The van der Waals surface area contributed by atoms with E-state index in [0.29, 0.717) is 0 Å². The molecule has 3 aromatic rings. The molecule has 104 valence electrons. The number of carboxylic acids is 1. The normalized spacial score (nSPS) is 11.3. The number of carbonyl (C=O) groups is 1. The summed E-state index contributed by atoms with van der Waals surface area (Å²) < 4.78 is 2.03. The summed E-state index contributed by atoms with van der Waals surface area (Å²) in [5, 5.41) is 11.2. The highest BCUT2D eigenvalue weighted by atomic mass is 32.1. The van der Waals surface area contributed by atoms with Gasteiger partial charge in [0.05, 0.1) is 17.0 Å². The van der Waals surface area contributed by atoms with Crippen molar-refractivity contribution in [1.29, 1.82) is 0 Å². The van der Waals surface area contributed by atoms with E-state index in [1.165, 1.54) is 4.88 Å². The van der Waals surface area contributed by atoms with Gasteiger partial charge in [-0.25, -0.2) is 4.98 Å². The van der Waals surface area contributed by atoms with Gasteiger partial charge in [-0.2, -0.15) is 0 Å². The standard InChI is InChI=1S/C14H14N2O2S2/c1-3-9-8(2)20-14-15-13(11-5-4-6-19-11)10(16(9)14)7-12(17)18/h4-6H,3,7H2,1-2H3,(H,17,18). The van der Waals surface area contributed by atoms with Crippen LogP contribution in [0.15, 0.2) is 17.5 Å². The van der Waals surface area contributed by atoms with Gasteiger partial charge < -0.3 is 5.11 Å². The molecule has 3 rings (SSSR count). The maximum absolute atomic E-state index is 11.2. The molecule has 0 aliphatic carbocycles. The lowest BCUT2D eigenvalue weighted by molar-refractivity contribution is -0.136. The van der Waals surface area contributed by atoms with Crippen molar-refractivity contribution in [2.24, 2.45) is 0 Å². The third-order valence-corrected chi connectivity index (χ3v) is 5.15. The molecule has 0 unspecified atom stereocenters. The van der Waals surface area contributed by atoms with Crippen LogP contribution in [0.3, 0.4) is 0 Å². The van der Waals surface area contributed by atoms with Crippen LogP contribution in [0.5, 0.6) is 0 Å². The number of hydrogen-bond acceptors (Lipinski definition) is 4. The maximum Gasteiger partial charge on any atom is 0.309 e. The summed E-state index contributed by atoms with van der Waals surface area (Å²) in [5.41, 5.74) is 2.76. The minimum atomic E-state index is -0.824. The zero-order valence-electron chi connectivity index (χ0n) is 11.2. The average molecular weight is 306 g/mol. The zero-order chi connectivity index (χ0) is 14.3. The Hall–Kier alpha value is -1.66. The fourth-order valence-electron chi connectivity index (χ4n) is 2.46. The maximum atomic E-state index is 11.2. The molecule has 0 aliphatic heterocycles. The van der Waals surface area contributed by atoms with Gasteiger partial charge in [0.2, 0.25) is 0 Å². The van der Waals surface area contributed by atoms with Crippen molar-refractivity contribution in [3.63, 3.8) is 0 Å². The Bertz CT molecular complexity index is 769. The van der Waals surface area contributed by atoms with Crippen LogP contribution in [-0.4, -0.2) is 20.5 Å². The Morgan fingerprint density at radius 3 is 2.85 bits per heavy atom. The van der Waals surface area contributed by atoms with Gasteiger partial charge in [-0.15, -0.1) is 22.7 Å². The van der Waals surface area contributed by atoms with E-state index in [4.69, 9.17) is 0 Å². The molecule has 0 aromatic carbocycles. The Morgan fingerprint density at radius 2 is 2.25 bits per heavy atom. The van der Waals surface area contributed by atoms with E-state index in [9.17, 15) is 9.90 Å². The SMILES string of the molecule is CCc1c(C)sc2nc(-c3cccs3)c(CC(=O)O)n12. The lowest BCUT2D eigenvalue weighted by atomic mass is 10.2. The lowest BCUT2D eigenvalue weighted by Crippen LogP contribution is -2.06. The molecule has 0 saturated carbocycles. The van der Waals surface area contributed by atoms with Gasteiger partial charge in [0.1, 0.15) is 5.69 Å². The second kappa shape index (κ2) is 5.03. The molecule has 0 amide bonds. The third-order valence-electron chi connectivity index (χ3n) is 3.27. The van der Waals surface area contributed by atoms with E-state index in [2.05, 4.69) is 18.8 Å². The molecule has 0 atom stereocenters. The quantitative estimate of drug-likeness (QED) is 0.801. The lowest BCUT2D eigenvalue weighted by Gasteiger charge is -2.03. The number of nitrogens with zero attached hydrogens (tertiary/aromatic N) is 2. The Kier molecular flexibility index (Phi) is 3.35. The molecule has 3 heterocycles. The van der Waals surface area contributed by atoms with E-state index in [-0.39, 0.29) is 6.42 Å². The van der Waals surface area contributed by atoms with Crippen LogP contribution in [0.1, 0.15) is 23.2 Å². The summed E-state index contributed by atoms with van der Waals surface area (Å²) >= 11 is 3.22. The Morgan fingerprint density at radius 1 is 1.45 bits per heavy atom. The summed E-state index contributed by atoms with van der Waals surface area (Å²) in [4.78, 5) is 19.0. The van der Waals surface area contributed by atoms with Crippen molar-refractivity contribution in [1.82, 2.24) is 9.38 Å². The minimum Gasteiger partial charge on any atom is -0.481 e. The first-order valence-corrected chi connectivity index (χ1v) is 8.06. The predicted octanol–water partition coefficient (Wildman–Crippen LogP) is 3.62. The van der Waals surface area contributed by atoms with Crippen molar-refractivity contribution in [3.05, 3.63) is 33.8 Å². The number of aromatic nitrogens is 2. The number of carboxylic acid groups (broad SMARTS) is 1. The number of imidazole rings is 1. The molecule has 20 heavy (non-hydrogen) atoms. The molecule has 1 N–H and O–H groups in total. The van der Waals surface area contributed by atoms with Crippen LogP contribution in [-0.2, 0) is 17.6 Å². The first kappa shape index (κ1) is 13.3. The number of aryl methyl sites for hydroxylation is 2. The van der Waals surface area contributed by atoms with Crippen molar-refractivity contribution in [3.8, 4) is 10.6 Å². The van der Waals surface area contributed by atoms with Gasteiger partial charge in [0.15, 0.2) is 4.96 Å². The van der Waals surface area contributed by atoms with Gasteiger partial charge in [0, 0.05) is 10.6 Å². The number of hydrogen-bond donors (Lipinski definition) is 1. The van der Waals surface area contributed by atoms with Crippen LogP contribution in [0, 0.1) is 6.92 Å². The predicted molar refractivity (Wildman–Crippen MR) is 81.8 cm³/mol. The summed E-state index contributed by atoms with van der Waals surface area (Å²) in [6.45, 7) is 4.15. The molecule has 0 fully saturated rings. The molecule has 0 bridgehead atoms. The Balaban J connectivity index is 2.30. The van der Waals surface area contributed by atoms with Crippen molar-refractivity contribution in [2.45, 2.75) is 26.7 Å². The van der Waals surface area contributed by atoms with Gasteiger partial charge >= 0.3 is 5.97 Å².